The monoisotopic (exact) mass is 289 g/mol. The maximum atomic E-state index is 3.45. The minimum Gasteiger partial charge on any atom is -0.385 e. The predicted octanol–water partition coefficient (Wildman–Crippen LogP) is 3.81. The van der Waals surface area contributed by atoms with Gasteiger partial charge in [-0.15, -0.1) is 0 Å². The van der Waals surface area contributed by atoms with E-state index in [0.29, 0.717) is 0 Å². The molecule has 0 amide bonds. The van der Waals surface area contributed by atoms with Crippen LogP contribution in [0.1, 0.15) is 25.3 Å². The Kier molecular flexibility index (Phi) is 4.56. The van der Waals surface area contributed by atoms with Crippen molar-refractivity contribution in [2.45, 2.75) is 26.7 Å². The molecule has 0 saturated heterocycles. The third kappa shape index (κ3) is 3.55. The van der Waals surface area contributed by atoms with Crippen LogP contribution in [0.5, 0.6) is 0 Å². The molecule has 1 N–H and O–H groups in total. The van der Waals surface area contributed by atoms with E-state index >= 15 is 0 Å². The zero-order valence-electron chi connectivity index (χ0n) is 8.23. The number of anilines is 1. The Labute approximate surface area is 94.1 Å². The molecule has 0 aromatic heterocycles. The topological polar surface area (TPSA) is 12.0 Å². The highest BCUT2D eigenvalue weighted by molar-refractivity contribution is 14.1. The number of aryl methyl sites for hydroxylation is 1. The van der Waals surface area contributed by atoms with Crippen LogP contribution in [0.4, 0.5) is 5.69 Å². The van der Waals surface area contributed by atoms with Crippen molar-refractivity contribution in [1.82, 2.24) is 0 Å². The van der Waals surface area contributed by atoms with Gasteiger partial charge in [0.15, 0.2) is 0 Å². The van der Waals surface area contributed by atoms with E-state index in [2.05, 4.69) is 60.0 Å². The third-order valence-corrected chi connectivity index (χ3v) is 2.72. The maximum Gasteiger partial charge on any atom is 0.0380 e. The summed E-state index contributed by atoms with van der Waals surface area (Å²) in [5.41, 5.74) is 2.61. The molecule has 0 aliphatic rings. The number of halogens is 1. The minimum absolute atomic E-state index is 1.08. The molecule has 0 bridgehead atoms. The van der Waals surface area contributed by atoms with Crippen molar-refractivity contribution < 1.29 is 0 Å². The van der Waals surface area contributed by atoms with E-state index in [1.54, 1.807) is 0 Å². The summed E-state index contributed by atoms with van der Waals surface area (Å²) in [4.78, 5) is 0. The molecule has 0 atom stereocenters. The van der Waals surface area contributed by atoms with Gasteiger partial charge in [-0.3, -0.25) is 0 Å². The van der Waals surface area contributed by atoms with Crippen molar-refractivity contribution in [3.05, 3.63) is 27.3 Å². The van der Waals surface area contributed by atoms with Crippen molar-refractivity contribution in [3.8, 4) is 0 Å². The SMILES string of the molecule is CCCCNc1cc(I)ccc1C. The molecule has 0 saturated carbocycles. The smallest absolute Gasteiger partial charge is 0.0380 e. The van der Waals surface area contributed by atoms with Gasteiger partial charge < -0.3 is 5.32 Å². The lowest BCUT2D eigenvalue weighted by atomic mass is 10.2. The minimum atomic E-state index is 1.08. The van der Waals surface area contributed by atoms with Crippen LogP contribution in [0.2, 0.25) is 0 Å². The molecule has 0 heterocycles. The number of nitrogens with one attached hydrogen (secondary N) is 1. The van der Waals surface area contributed by atoms with E-state index in [1.165, 1.54) is 27.7 Å². The standard InChI is InChI=1S/C11H16IN/c1-3-4-7-13-11-8-10(12)6-5-9(11)2/h5-6,8,13H,3-4,7H2,1-2H3. The van der Waals surface area contributed by atoms with E-state index in [-0.39, 0.29) is 0 Å². The molecule has 2 heteroatoms. The van der Waals surface area contributed by atoms with Gasteiger partial charge in [-0.05, 0) is 53.6 Å². The summed E-state index contributed by atoms with van der Waals surface area (Å²) >= 11 is 2.34. The summed E-state index contributed by atoms with van der Waals surface area (Å²) in [6.07, 6.45) is 2.49. The van der Waals surface area contributed by atoms with Gasteiger partial charge in [0, 0.05) is 15.8 Å². The first-order valence-electron chi connectivity index (χ1n) is 4.74. The summed E-state index contributed by atoms with van der Waals surface area (Å²) in [5, 5.41) is 3.45. The molecular formula is C11H16IN. The molecule has 0 spiro atoms. The van der Waals surface area contributed by atoms with E-state index in [1.807, 2.05) is 0 Å². The van der Waals surface area contributed by atoms with Gasteiger partial charge in [-0.1, -0.05) is 19.4 Å². The predicted molar refractivity (Wildman–Crippen MR) is 67.3 cm³/mol. The fourth-order valence-electron chi connectivity index (χ4n) is 1.18. The third-order valence-electron chi connectivity index (χ3n) is 2.05. The lowest BCUT2D eigenvalue weighted by molar-refractivity contribution is 0.833. The lowest BCUT2D eigenvalue weighted by Gasteiger charge is -2.08. The largest absolute Gasteiger partial charge is 0.385 e. The van der Waals surface area contributed by atoms with Crippen molar-refractivity contribution in [1.29, 1.82) is 0 Å². The van der Waals surface area contributed by atoms with E-state index in [9.17, 15) is 0 Å². The van der Waals surface area contributed by atoms with Gasteiger partial charge in [-0.2, -0.15) is 0 Å². The Morgan fingerprint density at radius 1 is 1.38 bits per heavy atom. The second-order valence-corrected chi connectivity index (χ2v) is 4.49. The molecule has 13 heavy (non-hydrogen) atoms. The molecule has 72 valence electrons. The molecule has 1 nitrogen and oxygen atoms in total. The van der Waals surface area contributed by atoms with Gasteiger partial charge in [0.25, 0.3) is 0 Å². The Morgan fingerprint density at radius 2 is 2.15 bits per heavy atom. The lowest BCUT2D eigenvalue weighted by Crippen LogP contribution is -2.02. The normalized spacial score (nSPS) is 10.1. The first-order chi connectivity index (χ1) is 6.24. The highest BCUT2D eigenvalue weighted by Gasteiger charge is 1.97. The summed E-state index contributed by atoms with van der Waals surface area (Å²) in [7, 11) is 0. The van der Waals surface area contributed by atoms with Gasteiger partial charge in [0.05, 0.1) is 0 Å². The van der Waals surface area contributed by atoms with Crippen LogP contribution in [0, 0.1) is 10.5 Å². The quantitative estimate of drug-likeness (QED) is 0.656. The first kappa shape index (κ1) is 10.8. The molecule has 1 aromatic rings. The number of unbranched alkanes of at least 4 members (excludes halogenated alkanes) is 1. The Bertz CT molecular complexity index is 271. The summed E-state index contributed by atoms with van der Waals surface area (Å²) in [5.74, 6) is 0. The van der Waals surface area contributed by atoms with Crippen LogP contribution in [-0.2, 0) is 0 Å². The molecule has 0 aliphatic heterocycles. The highest BCUT2D eigenvalue weighted by atomic mass is 127. The summed E-state index contributed by atoms with van der Waals surface area (Å²) in [6, 6.07) is 6.50. The van der Waals surface area contributed by atoms with Gasteiger partial charge >= 0.3 is 0 Å². The van der Waals surface area contributed by atoms with Crippen LogP contribution >= 0.6 is 22.6 Å². The van der Waals surface area contributed by atoms with Crippen molar-refractivity contribution in [2.75, 3.05) is 11.9 Å². The number of benzene rings is 1. The molecule has 0 radical (unpaired) electrons. The average molecular weight is 289 g/mol. The Hall–Kier alpha value is -0.250. The van der Waals surface area contributed by atoms with E-state index in [0.717, 1.165) is 6.54 Å². The number of rotatable bonds is 4. The van der Waals surface area contributed by atoms with E-state index in [4.69, 9.17) is 0 Å². The van der Waals surface area contributed by atoms with Crippen LogP contribution in [-0.4, -0.2) is 6.54 Å². The van der Waals surface area contributed by atoms with Crippen LogP contribution in [0.3, 0.4) is 0 Å². The van der Waals surface area contributed by atoms with Crippen molar-refractivity contribution in [2.24, 2.45) is 0 Å². The highest BCUT2D eigenvalue weighted by Crippen LogP contribution is 2.17. The molecule has 0 fully saturated rings. The van der Waals surface area contributed by atoms with Gasteiger partial charge in [0.2, 0.25) is 0 Å². The fourth-order valence-corrected chi connectivity index (χ4v) is 1.68. The molecular weight excluding hydrogens is 273 g/mol. The van der Waals surface area contributed by atoms with Gasteiger partial charge in [0.1, 0.15) is 0 Å². The Morgan fingerprint density at radius 3 is 2.85 bits per heavy atom. The summed E-state index contributed by atoms with van der Waals surface area (Å²) in [6.45, 7) is 5.44. The van der Waals surface area contributed by atoms with E-state index < -0.39 is 0 Å². The molecule has 1 rings (SSSR count). The zero-order valence-corrected chi connectivity index (χ0v) is 10.4. The fraction of sp³-hybridized carbons (Fsp3) is 0.455. The maximum absolute atomic E-state index is 3.45. The summed E-state index contributed by atoms with van der Waals surface area (Å²) < 4.78 is 1.29. The van der Waals surface area contributed by atoms with Crippen molar-refractivity contribution in [3.63, 3.8) is 0 Å². The van der Waals surface area contributed by atoms with Crippen LogP contribution in [0.25, 0.3) is 0 Å². The Balaban J connectivity index is 2.59. The van der Waals surface area contributed by atoms with Crippen LogP contribution < -0.4 is 5.32 Å². The first-order valence-corrected chi connectivity index (χ1v) is 5.82. The molecule has 0 aliphatic carbocycles. The second-order valence-electron chi connectivity index (χ2n) is 3.24. The zero-order chi connectivity index (χ0) is 9.68. The number of hydrogen-bond donors (Lipinski definition) is 1. The van der Waals surface area contributed by atoms with Crippen molar-refractivity contribution >= 4 is 28.3 Å². The average Bonchev–Trinajstić information content (AvgIpc) is 2.11. The number of hydrogen-bond acceptors (Lipinski definition) is 1. The molecule has 0 unspecified atom stereocenters. The molecule has 1 aromatic carbocycles. The second kappa shape index (κ2) is 5.47. The van der Waals surface area contributed by atoms with Crippen LogP contribution in [0.15, 0.2) is 18.2 Å². The van der Waals surface area contributed by atoms with Gasteiger partial charge in [-0.25, -0.2) is 0 Å².